The molecule has 2 unspecified atom stereocenters. The average molecular weight is 312 g/mol. The molecule has 1 saturated carbocycles. The van der Waals surface area contributed by atoms with Crippen LogP contribution in [0.4, 0.5) is 0 Å². The van der Waals surface area contributed by atoms with Gasteiger partial charge in [0.05, 0.1) is 12.7 Å². The molecule has 1 aromatic carbocycles. The number of hydrogen-bond donors (Lipinski definition) is 0. The van der Waals surface area contributed by atoms with Gasteiger partial charge < -0.3 is 4.74 Å². The van der Waals surface area contributed by atoms with E-state index in [9.17, 15) is 0 Å². The Hall–Kier alpha value is -1.08. The van der Waals surface area contributed by atoms with Crippen molar-refractivity contribution in [3.8, 4) is 0 Å². The van der Waals surface area contributed by atoms with Crippen molar-refractivity contribution in [3.63, 3.8) is 0 Å². The van der Waals surface area contributed by atoms with Crippen LogP contribution in [-0.2, 0) is 4.74 Å². The largest absolute Gasteiger partial charge is 0.374 e. The maximum absolute atomic E-state index is 5.86. The molecule has 2 aliphatic rings. The van der Waals surface area contributed by atoms with Crippen molar-refractivity contribution in [2.45, 2.75) is 76.2 Å². The van der Waals surface area contributed by atoms with E-state index in [0.717, 1.165) is 24.9 Å². The molecule has 0 N–H and O–H groups in total. The monoisotopic (exact) mass is 312 g/mol. The van der Waals surface area contributed by atoms with Gasteiger partial charge in [0.1, 0.15) is 0 Å². The van der Waals surface area contributed by atoms with Crippen LogP contribution in [0.25, 0.3) is 0 Å². The fourth-order valence-corrected chi connectivity index (χ4v) is 4.45. The zero-order valence-electron chi connectivity index (χ0n) is 14.7. The van der Waals surface area contributed by atoms with Crippen LogP contribution in [0.5, 0.6) is 0 Å². The minimum atomic E-state index is 0.267. The van der Waals surface area contributed by atoms with Crippen molar-refractivity contribution in [1.82, 2.24) is 0 Å². The Morgan fingerprint density at radius 2 is 1.57 bits per heavy atom. The molecular formula is C22H32O. The molecule has 0 aromatic heterocycles. The Bertz CT molecular complexity index is 473. The van der Waals surface area contributed by atoms with Crippen molar-refractivity contribution >= 4 is 0 Å². The maximum Gasteiger partial charge on any atom is 0.0753 e. The molecule has 126 valence electrons. The second kappa shape index (κ2) is 8.15. The highest BCUT2D eigenvalue weighted by molar-refractivity contribution is 5.28. The van der Waals surface area contributed by atoms with Crippen molar-refractivity contribution in [3.05, 3.63) is 48.0 Å². The van der Waals surface area contributed by atoms with Crippen molar-refractivity contribution in [2.24, 2.45) is 5.92 Å². The van der Waals surface area contributed by atoms with Gasteiger partial charge in [-0.1, -0.05) is 50.1 Å². The van der Waals surface area contributed by atoms with E-state index in [1.807, 2.05) is 6.08 Å². The number of benzene rings is 1. The van der Waals surface area contributed by atoms with Crippen LogP contribution in [-0.4, -0.2) is 12.7 Å². The van der Waals surface area contributed by atoms with E-state index in [1.165, 1.54) is 50.5 Å². The van der Waals surface area contributed by atoms with E-state index in [0.29, 0.717) is 5.92 Å². The first-order chi connectivity index (χ1) is 11.3. The van der Waals surface area contributed by atoms with E-state index >= 15 is 0 Å². The maximum atomic E-state index is 5.86. The Labute approximate surface area is 142 Å². The summed E-state index contributed by atoms with van der Waals surface area (Å²) in [6.07, 6.45) is 12.9. The van der Waals surface area contributed by atoms with Crippen LogP contribution in [0.15, 0.2) is 36.9 Å². The number of ether oxygens (including phenoxy) is 1. The van der Waals surface area contributed by atoms with Gasteiger partial charge in [0, 0.05) is 5.92 Å². The molecule has 1 heterocycles. The van der Waals surface area contributed by atoms with Crippen LogP contribution in [0.3, 0.4) is 0 Å². The summed E-state index contributed by atoms with van der Waals surface area (Å²) in [6, 6.07) is 9.49. The smallest absolute Gasteiger partial charge is 0.0753 e. The van der Waals surface area contributed by atoms with Crippen LogP contribution in [0.2, 0.25) is 0 Å². The van der Waals surface area contributed by atoms with Gasteiger partial charge in [0.2, 0.25) is 0 Å². The number of hydrogen-bond acceptors (Lipinski definition) is 1. The molecule has 0 spiro atoms. The highest BCUT2D eigenvalue weighted by Gasteiger charge is 2.23. The molecule has 0 amide bonds. The first-order valence-electron chi connectivity index (χ1n) is 9.64. The van der Waals surface area contributed by atoms with Crippen molar-refractivity contribution in [1.29, 1.82) is 0 Å². The summed E-state index contributed by atoms with van der Waals surface area (Å²) in [7, 11) is 0. The molecule has 0 radical (unpaired) electrons. The molecular weight excluding hydrogens is 280 g/mol. The summed E-state index contributed by atoms with van der Waals surface area (Å²) in [5.74, 6) is 2.36. The van der Waals surface area contributed by atoms with Crippen LogP contribution < -0.4 is 0 Å². The van der Waals surface area contributed by atoms with Crippen LogP contribution >= 0.6 is 0 Å². The minimum absolute atomic E-state index is 0.267. The van der Waals surface area contributed by atoms with Gasteiger partial charge in [-0.3, -0.25) is 0 Å². The van der Waals surface area contributed by atoms with E-state index < -0.39 is 0 Å². The Kier molecular flexibility index (Phi) is 5.94. The summed E-state index contributed by atoms with van der Waals surface area (Å²) in [6.45, 7) is 7.00. The van der Waals surface area contributed by atoms with Gasteiger partial charge in [0.15, 0.2) is 0 Å². The predicted octanol–water partition coefficient (Wildman–Crippen LogP) is 6.21. The molecule has 2 fully saturated rings. The predicted molar refractivity (Wildman–Crippen MR) is 98.0 cm³/mol. The molecule has 1 aromatic rings. The van der Waals surface area contributed by atoms with Gasteiger partial charge in [-0.2, -0.15) is 0 Å². The van der Waals surface area contributed by atoms with Crippen molar-refractivity contribution < 1.29 is 4.74 Å². The van der Waals surface area contributed by atoms with Gasteiger partial charge in [0.25, 0.3) is 0 Å². The SMILES string of the molecule is C=CC1CCC(c2ccc(C3CCC(CCC)CC3)cc2)CO1. The van der Waals surface area contributed by atoms with E-state index in [-0.39, 0.29) is 6.10 Å². The fraction of sp³-hybridized carbons (Fsp3) is 0.636. The summed E-state index contributed by atoms with van der Waals surface area (Å²) >= 11 is 0. The van der Waals surface area contributed by atoms with E-state index in [1.54, 1.807) is 5.56 Å². The second-order valence-corrected chi connectivity index (χ2v) is 7.55. The minimum Gasteiger partial charge on any atom is -0.374 e. The zero-order chi connectivity index (χ0) is 16.1. The summed E-state index contributed by atoms with van der Waals surface area (Å²) in [5, 5.41) is 0. The van der Waals surface area contributed by atoms with Gasteiger partial charge in [-0.15, -0.1) is 6.58 Å². The lowest BCUT2D eigenvalue weighted by atomic mass is 9.77. The van der Waals surface area contributed by atoms with E-state index in [4.69, 9.17) is 4.74 Å². The zero-order valence-corrected chi connectivity index (χ0v) is 14.7. The first-order valence-corrected chi connectivity index (χ1v) is 9.64. The molecule has 1 nitrogen and oxygen atoms in total. The third-order valence-corrected chi connectivity index (χ3v) is 6.00. The normalized spacial score (nSPS) is 31.7. The van der Waals surface area contributed by atoms with Crippen LogP contribution in [0.1, 0.15) is 81.3 Å². The molecule has 23 heavy (non-hydrogen) atoms. The Balaban J connectivity index is 1.54. The highest BCUT2D eigenvalue weighted by atomic mass is 16.5. The highest BCUT2D eigenvalue weighted by Crippen LogP contribution is 2.38. The Morgan fingerprint density at radius 3 is 2.09 bits per heavy atom. The summed E-state index contributed by atoms with van der Waals surface area (Å²) in [5.41, 5.74) is 3.01. The molecule has 1 aliphatic carbocycles. The molecule has 1 saturated heterocycles. The molecule has 3 rings (SSSR count). The fourth-order valence-electron chi connectivity index (χ4n) is 4.45. The second-order valence-electron chi connectivity index (χ2n) is 7.55. The molecule has 2 atom stereocenters. The average Bonchev–Trinajstić information content (AvgIpc) is 2.63. The number of rotatable bonds is 5. The van der Waals surface area contributed by atoms with Crippen molar-refractivity contribution in [2.75, 3.05) is 6.61 Å². The first kappa shape index (κ1) is 16.8. The topological polar surface area (TPSA) is 9.23 Å². The lowest BCUT2D eigenvalue weighted by Crippen LogP contribution is -2.23. The standard InChI is InChI=1S/C22H32O/c1-3-5-17-6-8-18(9-7-17)19-10-12-20(13-11-19)21-14-15-22(4-2)23-16-21/h4,10-13,17-18,21-22H,2-3,5-9,14-16H2,1H3. The Morgan fingerprint density at radius 1 is 0.957 bits per heavy atom. The lowest BCUT2D eigenvalue weighted by Gasteiger charge is -2.30. The third-order valence-electron chi connectivity index (χ3n) is 6.00. The quantitative estimate of drug-likeness (QED) is 0.587. The van der Waals surface area contributed by atoms with Crippen LogP contribution in [0, 0.1) is 5.92 Å². The van der Waals surface area contributed by atoms with E-state index in [2.05, 4.69) is 37.8 Å². The van der Waals surface area contributed by atoms with Gasteiger partial charge in [-0.25, -0.2) is 0 Å². The van der Waals surface area contributed by atoms with Gasteiger partial charge in [-0.05, 0) is 61.5 Å². The molecule has 1 heteroatoms. The van der Waals surface area contributed by atoms with Gasteiger partial charge >= 0.3 is 0 Å². The summed E-state index contributed by atoms with van der Waals surface area (Å²) < 4.78 is 5.86. The lowest BCUT2D eigenvalue weighted by molar-refractivity contribution is 0.0329. The molecule has 0 bridgehead atoms. The molecule has 1 aliphatic heterocycles. The summed E-state index contributed by atoms with van der Waals surface area (Å²) in [4.78, 5) is 0. The third kappa shape index (κ3) is 4.26.